The third-order valence-electron chi connectivity index (χ3n) is 3.54. The molecular weight excluding hydrogens is 366 g/mol. The summed E-state index contributed by atoms with van der Waals surface area (Å²) in [6.45, 7) is 5.93. The lowest BCUT2D eigenvalue weighted by Crippen LogP contribution is -2.13. The van der Waals surface area contributed by atoms with Crippen LogP contribution in [0, 0.1) is 4.91 Å². The van der Waals surface area contributed by atoms with Crippen molar-refractivity contribution in [3.8, 4) is 11.5 Å². The van der Waals surface area contributed by atoms with E-state index in [1.54, 1.807) is 31.2 Å². The van der Waals surface area contributed by atoms with Crippen LogP contribution in [0.3, 0.4) is 0 Å². The van der Waals surface area contributed by atoms with Gasteiger partial charge in [0.05, 0.1) is 5.03 Å². The molecule has 1 aliphatic rings. The van der Waals surface area contributed by atoms with Gasteiger partial charge in [-0.1, -0.05) is 24.3 Å². The van der Waals surface area contributed by atoms with Gasteiger partial charge in [-0.15, -0.1) is 4.91 Å². The molecule has 0 radical (unpaired) electrons. The summed E-state index contributed by atoms with van der Waals surface area (Å²) in [6, 6.07) is 6.41. The SMILES string of the molecule is C=C(N=O)C(C)Oc1ccc(OC2=NC=C(C(C)(F)F)CC=C2Cl)cc1. The Hall–Kier alpha value is -2.54. The first-order valence-corrected chi connectivity index (χ1v) is 8.06. The quantitative estimate of drug-likeness (QED) is 0.603. The number of ether oxygens (including phenoxy) is 2. The van der Waals surface area contributed by atoms with E-state index >= 15 is 0 Å². The number of nitroso groups, excluding NO2 is 1. The van der Waals surface area contributed by atoms with Crippen molar-refractivity contribution in [2.24, 2.45) is 10.2 Å². The molecule has 0 spiro atoms. The van der Waals surface area contributed by atoms with Gasteiger partial charge >= 0.3 is 0 Å². The molecule has 26 heavy (non-hydrogen) atoms. The molecule has 8 heteroatoms. The summed E-state index contributed by atoms with van der Waals surface area (Å²) in [4.78, 5) is 14.3. The summed E-state index contributed by atoms with van der Waals surface area (Å²) in [5.41, 5.74) is -0.0821. The number of nitrogens with zero attached hydrogens (tertiary/aromatic N) is 2. The zero-order valence-corrected chi connectivity index (χ0v) is 15.0. The van der Waals surface area contributed by atoms with Gasteiger partial charge in [0.1, 0.15) is 23.3 Å². The van der Waals surface area contributed by atoms with E-state index in [0.29, 0.717) is 11.5 Å². The minimum absolute atomic E-state index is 0.0159. The molecule has 1 aromatic rings. The van der Waals surface area contributed by atoms with E-state index in [9.17, 15) is 13.7 Å². The fraction of sp³-hybridized carbons (Fsp3) is 0.278. The summed E-state index contributed by atoms with van der Waals surface area (Å²) in [7, 11) is 0. The van der Waals surface area contributed by atoms with E-state index in [0.717, 1.165) is 13.1 Å². The largest absolute Gasteiger partial charge is 0.484 e. The van der Waals surface area contributed by atoms with Gasteiger partial charge in [-0.3, -0.25) is 0 Å². The van der Waals surface area contributed by atoms with Crippen molar-refractivity contribution >= 4 is 17.5 Å². The minimum atomic E-state index is -2.98. The van der Waals surface area contributed by atoms with Gasteiger partial charge in [0.2, 0.25) is 5.90 Å². The van der Waals surface area contributed by atoms with E-state index in [-0.39, 0.29) is 28.6 Å². The van der Waals surface area contributed by atoms with Crippen LogP contribution in [0.1, 0.15) is 20.3 Å². The van der Waals surface area contributed by atoms with Crippen LogP contribution in [0.2, 0.25) is 0 Å². The summed E-state index contributed by atoms with van der Waals surface area (Å²) in [5, 5.41) is 2.87. The summed E-state index contributed by atoms with van der Waals surface area (Å²) < 4.78 is 37.9. The molecule has 1 aliphatic heterocycles. The maximum atomic E-state index is 13.4. The van der Waals surface area contributed by atoms with E-state index in [4.69, 9.17) is 21.1 Å². The topological polar surface area (TPSA) is 60.2 Å². The Morgan fingerprint density at radius 3 is 2.54 bits per heavy atom. The first kappa shape index (κ1) is 19.8. The fourth-order valence-corrected chi connectivity index (χ4v) is 2.11. The summed E-state index contributed by atoms with van der Waals surface area (Å²) >= 11 is 6.06. The molecule has 0 saturated heterocycles. The third-order valence-corrected chi connectivity index (χ3v) is 3.86. The predicted molar refractivity (Wildman–Crippen MR) is 96.8 cm³/mol. The minimum Gasteiger partial charge on any atom is -0.484 e. The van der Waals surface area contributed by atoms with E-state index in [1.165, 1.54) is 6.08 Å². The Bertz CT molecular complexity index is 781. The maximum absolute atomic E-state index is 13.4. The van der Waals surface area contributed by atoms with Crippen LogP contribution in [-0.4, -0.2) is 17.9 Å². The van der Waals surface area contributed by atoms with Crippen molar-refractivity contribution in [3.05, 3.63) is 64.3 Å². The molecule has 5 nitrogen and oxygen atoms in total. The first-order chi connectivity index (χ1) is 12.2. The van der Waals surface area contributed by atoms with Crippen molar-refractivity contribution in [1.82, 2.24) is 0 Å². The van der Waals surface area contributed by atoms with Gasteiger partial charge in [-0.25, -0.2) is 13.8 Å². The van der Waals surface area contributed by atoms with Crippen molar-refractivity contribution in [3.63, 3.8) is 0 Å². The van der Waals surface area contributed by atoms with Crippen LogP contribution < -0.4 is 9.47 Å². The molecule has 0 aromatic heterocycles. The Morgan fingerprint density at radius 2 is 1.96 bits per heavy atom. The lowest BCUT2D eigenvalue weighted by Gasteiger charge is -2.13. The zero-order chi connectivity index (χ0) is 19.3. The van der Waals surface area contributed by atoms with Crippen LogP contribution in [0.4, 0.5) is 8.78 Å². The van der Waals surface area contributed by atoms with E-state index in [2.05, 4.69) is 16.7 Å². The van der Waals surface area contributed by atoms with Crippen LogP contribution in [-0.2, 0) is 0 Å². The van der Waals surface area contributed by atoms with Gasteiger partial charge < -0.3 is 9.47 Å². The molecule has 1 atom stereocenters. The highest BCUT2D eigenvalue weighted by molar-refractivity contribution is 6.42. The number of hydrogen-bond donors (Lipinski definition) is 0. The van der Waals surface area contributed by atoms with Gasteiger partial charge in [0, 0.05) is 18.7 Å². The number of alkyl halides is 2. The smallest absolute Gasteiger partial charge is 0.268 e. The molecule has 2 rings (SSSR count). The number of hydrogen-bond acceptors (Lipinski definition) is 5. The van der Waals surface area contributed by atoms with Gasteiger partial charge in [-0.2, -0.15) is 0 Å². The van der Waals surface area contributed by atoms with Crippen LogP contribution in [0.25, 0.3) is 0 Å². The maximum Gasteiger partial charge on any atom is 0.268 e. The van der Waals surface area contributed by atoms with Gasteiger partial charge in [0.15, 0.2) is 0 Å². The van der Waals surface area contributed by atoms with Crippen molar-refractivity contribution < 1.29 is 18.3 Å². The molecule has 138 valence electrons. The Balaban J connectivity index is 2.10. The lowest BCUT2D eigenvalue weighted by molar-refractivity contribution is 0.0611. The molecule has 1 unspecified atom stereocenters. The van der Waals surface area contributed by atoms with Crippen LogP contribution in [0.15, 0.2) is 69.6 Å². The molecule has 0 aliphatic carbocycles. The second-order valence-electron chi connectivity index (χ2n) is 5.65. The fourth-order valence-electron chi connectivity index (χ4n) is 1.95. The highest BCUT2D eigenvalue weighted by atomic mass is 35.5. The molecule has 1 aromatic carbocycles. The molecular formula is C18H17ClF2N2O3. The van der Waals surface area contributed by atoms with Crippen molar-refractivity contribution in [1.29, 1.82) is 0 Å². The predicted octanol–water partition coefficient (Wildman–Crippen LogP) is 5.58. The second kappa shape index (κ2) is 8.23. The molecule has 0 N–H and O–H groups in total. The Kier molecular flexibility index (Phi) is 6.26. The highest BCUT2D eigenvalue weighted by Gasteiger charge is 2.28. The van der Waals surface area contributed by atoms with Crippen LogP contribution >= 0.6 is 11.6 Å². The van der Waals surface area contributed by atoms with Crippen molar-refractivity contribution in [2.45, 2.75) is 32.3 Å². The Labute approximate surface area is 154 Å². The first-order valence-electron chi connectivity index (χ1n) is 7.68. The molecule has 0 fully saturated rings. The standard InChI is InChI=1S/C18H17ClF2N2O3/c1-11(23-24)12(2)25-14-5-7-15(8-6-14)26-17-16(19)9-4-13(10-22-17)18(3,20)21/h5-10,12H,1,4H2,2-3H3. The van der Waals surface area contributed by atoms with Gasteiger partial charge in [-0.05, 0) is 42.8 Å². The lowest BCUT2D eigenvalue weighted by atomic mass is 10.1. The Morgan fingerprint density at radius 1 is 1.35 bits per heavy atom. The van der Waals surface area contributed by atoms with Crippen LogP contribution in [0.5, 0.6) is 11.5 Å². The highest BCUT2D eigenvalue weighted by Crippen LogP contribution is 2.29. The van der Waals surface area contributed by atoms with E-state index < -0.39 is 12.0 Å². The summed E-state index contributed by atoms with van der Waals surface area (Å²) in [5.74, 6) is -2.09. The molecule has 0 saturated carbocycles. The molecule has 0 bridgehead atoms. The number of halogens is 3. The normalized spacial score (nSPS) is 15.8. The number of allylic oxidation sites excluding steroid dienone is 2. The van der Waals surface area contributed by atoms with Crippen molar-refractivity contribution in [2.75, 3.05) is 0 Å². The number of aliphatic imine (C=N–C) groups is 1. The third kappa shape index (κ3) is 5.23. The molecule has 1 heterocycles. The number of benzene rings is 1. The monoisotopic (exact) mass is 382 g/mol. The van der Waals surface area contributed by atoms with Gasteiger partial charge in [0.25, 0.3) is 5.92 Å². The summed E-state index contributed by atoms with van der Waals surface area (Å²) in [6.07, 6.45) is 1.91. The van der Waals surface area contributed by atoms with E-state index in [1.807, 2.05) is 0 Å². The zero-order valence-electron chi connectivity index (χ0n) is 14.2. The second-order valence-corrected chi connectivity index (χ2v) is 6.06. The average molecular weight is 383 g/mol. The number of rotatable bonds is 6. The molecule has 0 amide bonds. The average Bonchev–Trinajstić information content (AvgIpc) is 2.77.